The van der Waals surface area contributed by atoms with Crippen molar-refractivity contribution in [1.82, 2.24) is 4.90 Å². The molecule has 1 atom stereocenters. The highest BCUT2D eigenvalue weighted by molar-refractivity contribution is 5.92. The van der Waals surface area contributed by atoms with Crippen molar-refractivity contribution in [2.24, 2.45) is 5.92 Å². The lowest BCUT2D eigenvalue weighted by atomic mass is 9.97. The van der Waals surface area contributed by atoms with Gasteiger partial charge < -0.3 is 10.2 Å². The third-order valence-corrected chi connectivity index (χ3v) is 3.31. The average Bonchev–Trinajstić information content (AvgIpc) is 2.32. The lowest BCUT2D eigenvalue weighted by Crippen LogP contribution is -2.38. The monoisotopic (exact) mass is 232 g/mol. The van der Waals surface area contributed by atoms with Gasteiger partial charge in [-0.3, -0.25) is 4.79 Å². The van der Waals surface area contributed by atoms with Crippen LogP contribution in [0.1, 0.15) is 18.4 Å². The fourth-order valence-electron chi connectivity index (χ4n) is 2.26. The van der Waals surface area contributed by atoms with E-state index in [4.69, 9.17) is 0 Å². The Morgan fingerprint density at radius 3 is 2.71 bits per heavy atom. The molecule has 1 aromatic carbocycles. The Kier molecular flexibility index (Phi) is 3.79. The molecule has 1 aromatic rings. The molecule has 0 unspecified atom stereocenters. The Balaban J connectivity index is 1.94. The molecule has 2 rings (SSSR count). The zero-order valence-corrected chi connectivity index (χ0v) is 10.6. The fraction of sp³-hybridized carbons (Fsp3) is 0.500. The number of nitrogens with one attached hydrogen (secondary N) is 1. The van der Waals surface area contributed by atoms with Crippen molar-refractivity contribution in [3.8, 4) is 0 Å². The third kappa shape index (κ3) is 3.30. The van der Waals surface area contributed by atoms with Crippen molar-refractivity contribution in [3.63, 3.8) is 0 Å². The first kappa shape index (κ1) is 12.1. The van der Waals surface area contributed by atoms with Crippen molar-refractivity contribution in [3.05, 3.63) is 29.8 Å². The van der Waals surface area contributed by atoms with Crippen molar-refractivity contribution >= 4 is 11.6 Å². The number of piperidine rings is 1. The van der Waals surface area contributed by atoms with E-state index in [1.165, 1.54) is 5.56 Å². The molecule has 1 aliphatic rings. The minimum atomic E-state index is 0.134. The zero-order valence-electron chi connectivity index (χ0n) is 10.6. The highest BCUT2D eigenvalue weighted by atomic mass is 16.1. The standard InChI is InChI=1S/C14H20N2O/c1-11-5-7-13(8-6-11)15-14(17)12-4-3-9-16(2)10-12/h5-8,12H,3-4,9-10H2,1-2H3,(H,15,17)/t12-/m0/s1. The fourth-order valence-corrected chi connectivity index (χ4v) is 2.26. The predicted molar refractivity (Wildman–Crippen MR) is 70.0 cm³/mol. The van der Waals surface area contributed by atoms with Gasteiger partial charge in [-0.05, 0) is 45.5 Å². The van der Waals surface area contributed by atoms with Crippen molar-refractivity contribution in [2.45, 2.75) is 19.8 Å². The summed E-state index contributed by atoms with van der Waals surface area (Å²) in [6, 6.07) is 7.95. The largest absolute Gasteiger partial charge is 0.326 e. The van der Waals surface area contributed by atoms with Crippen LogP contribution >= 0.6 is 0 Å². The molecule has 92 valence electrons. The van der Waals surface area contributed by atoms with E-state index in [2.05, 4.69) is 17.3 Å². The number of carbonyl (C=O) groups is 1. The molecular weight excluding hydrogens is 212 g/mol. The summed E-state index contributed by atoms with van der Waals surface area (Å²) in [5, 5.41) is 2.99. The topological polar surface area (TPSA) is 32.3 Å². The molecule has 0 aliphatic carbocycles. The first-order valence-electron chi connectivity index (χ1n) is 6.21. The van der Waals surface area contributed by atoms with Crippen molar-refractivity contribution in [2.75, 3.05) is 25.5 Å². The minimum Gasteiger partial charge on any atom is -0.326 e. The van der Waals surface area contributed by atoms with E-state index in [1.54, 1.807) is 0 Å². The maximum Gasteiger partial charge on any atom is 0.228 e. The molecule has 0 radical (unpaired) electrons. The average molecular weight is 232 g/mol. The number of rotatable bonds is 2. The second kappa shape index (κ2) is 5.32. The second-order valence-electron chi connectivity index (χ2n) is 4.96. The van der Waals surface area contributed by atoms with Gasteiger partial charge in [-0.25, -0.2) is 0 Å². The SMILES string of the molecule is Cc1ccc(NC(=O)[C@H]2CCCN(C)C2)cc1. The maximum atomic E-state index is 12.1. The van der Waals surface area contributed by atoms with Gasteiger partial charge in [-0.2, -0.15) is 0 Å². The van der Waals surface area contributed by atoms with E-state index in [-0.39, 0.29) is 11.8 Å². The van der Waals surface area contributed by atoms with Gasteiger partial charge in [-0.15, -0.1) is 0 Å². The summed E-state index contributed by atoms with van der Waals surface area (Å²) >= 11 is 0. The maximum absolute atomic E-state index is 12.1. The number of likely N-dealkylation sites (tertiary alicyclic amines) is 1. The molecule has 3 heteroatoms. The minimum absolute atomic E-state index is 0.134. The van der Waals surface area contributed by atoms with Crippen LogP contribution in [-0.2, 0) is 4.79 Å². The predicted octanol–water partition coefficient (Wildman–Crippen LogP) is 2.28. The van der Waals surface area contributed by atoms with Crippen LogP contribution in [0.5, 0.6) is 0 Å². The molecule has 0 bridgehead atoms. The zero-order chi connectivity index (χ0) is 12.3. The number of hydrogen-bond donors (Lipinski definition) is 1. The highest BCUT2D eigenvalue weighted by Gasteiger charge is 2.23. The number of hydrogen-bond acceptors (Lipinski definition) is 2. The van der Waals surface area contributed by atoms with Gasteiger partial charge in [0.15, 0.2) is 0 Å². The summed E-state index contributed by atoms with van der Waals surface area (Å²) in [6.45, 7) is 4.02. The van der Waals surface area contributed by atoms with E-state index in [1.807, 2.05) is 31.2 Å². The van der Waals surface area contributed by atoms with Crippen LogP contribution in [0.25, 0.3) is 0 Å². The summed E-state index contributed by atoms with van der Waals surface area (Å²) in [5.41, 5.74) is 2.11. The normalized spacial score (nSPS) is 21.2. The van der Waals surface area contributed by atoms with Crippen LogP contribution in [0.3, 0.4) is 0 Å². The van der Waals surface area contributed by atoms with Crippen LogP contribution in [0.2, 0.25) is 0 Å². The van der Waals surface area contributed by atoms with Crippen molar-refractivity contribution < 1.29 is 4.79 Å². The molecule has 17 heavy (non-hydrogen) atoms. The van der Waals surface area contributed by atoms with Gasteiger partial charge in [0, 0.05) is 12.2 Å². The smallest absolute Gasteiger partial charge is 0.228 e. The Morgan fingerprint density at radius 1 is 1.35 bits per heavy atom. The quantitative estimate of drug-likeness (QED) is 0.848. The van der Waals surface area contributed by atoms with Gasteiger partial charge in [0.05, 0.1) is 5.92 Å². The molecule has 0 saturated carbocycles. The first-order valence-corrected chi connectivity index (χ1v) is 6.21. The molecule has 0 spiro atoms. The van der Waals surface area contributed by atoms with Crippen LogP contribution < -0.4 is 5.32 Å². The van der Waals surface area contributed by atoms with Crippen molar-refractivity contribution in [1.29, 1.82) is 0 Å². The Bertz CT molecular complexity index is 386. The van der Waals surface area contributed by atoms with E-state index < -0.39 is 0 Å². The van der Waals surface area contributed by atoms with Crippen LogP contribution in [0.4, 0.5) is 5.69 Å². The molecule has 0 aromatic heterocycles. The molecule has 1 saturated heterocycles. The third-order valence-electron chi connectivity index (χ3n) is 3.31. The molecule has 1 heterocycles. The van der Waals surface area contributed by atoms with E-state index >= 15 is 0 Å². The highest BCUT2D eigenvalue weighted by Crippen LogP contribution is 2.17. The number of benzene rings is 1. The number of aryl methyl sites for hydroxylation is 1. The number of nitrogens with zero attached hydrogens (tertiary/aromatic N) is 1. The van der Waals surface area contributed by atoms with Gasteiger partial charge in [0.25, 0.3) is 0 Å². The van der Waals surface area contributed by atoms with Crippen LogP contribution in [-0.4, -0.2) is 30.9 Å². The van der Waals surface area contributed by atoms with Gasteiger partial charge in [0.1, 0.15) is 0 Å². The Morgan fingerprint density at radius 2 is 2.06 bits per heavy atom. The summed E-state index contributed by atoms with van der Waals surface area (Å²) in [7, 11) is 2.07. The summed E-state index contributed by atoms with van der Waals surface area (Å²) in [5.74, 6) is 0.287. The Labute approximate surface area is 103 Å². The van der Waals surface area contributed by atoms with Gasteiger partial charge in [0.2, 0.25) is 5.91 Å². The summed E-state index contributed by atoms with van der Waals surface area (Å²) in [4.78, 5) is 14.3. The molecule has 1 N–H and O–H groups in total. The lowest BCUT2D eigenvalue weighted by Gasteiger charge is -2.28. The molecule has 3 nitrogen and oxygen atoms in total. The number of amides is 1. The lowest BCUT2D eigenvalue weighted by molar-refractivity contribution is -0.121. The number of anilines is 1. The number of carbonyl (C=O) groups excluding carboxylic acids is 1. The molecule has 1 fully saturated rings. The molecule has 1 aliphatic heterocycles. The van der Waals surface area contributed by atoms with Gasteiger partial charge >= 0.3 is 0 Å². The summed E-state index contributed by atoms with van der Waals surface area (Å²) in [6.07, 6.45) is 2.12. The van der Waals surface area contributed by atoms with E-state index in [9.17, 15) is 4.79 Å². The first-order chi connectivity index (χ1) is 8.15. The molecular formula is C14H20N2O. The van der Waals surface area contributed by atoms with Crippen LogP contribution in [0.15, 0.2) is 24.3 Å². The Hall–Kier alpha value is -1.35. The molecule has 1 amide bonds. The van der Waals surface area contributed by atoms with E-state index in [0.29, 0.717) is 0 Å². The summed E-state index contributed by atoms with van der Waals surface area (Å²) < 4.78 is 0. The van der Waals surface area contributed by atoms with Crippen LogP contribution in [0, 0.1) is 12.8 Å². The second-order valence-corrected chi connectivity index (χ2v) is 4.96. The van der Waals surface area contributed by atoms with E-state index in [0.717, 1.165) is 31.6 Å². The van der Waals surface area contributed by atoms with Gasteiger partial charge in [-0.1, -0.05) is 17.7 Å².